The summed E-state index contributed by atoms with van der Waals surface area (Å²) in [6.45, 7) is 6.40. The second kappa shape index (κ2) is 7.70. The molecule has 0 amide bonds. The van der Waals surface area contributed by atoms with Gasteiger partial charge in [0.25, 0.3) is 0 Å². The molecule has 1 unspecified atom stereocenters. The number of esters is 1. The van der Waals surface area contributed by atoms with Gasteiger partial charge in [0.05, 0.1) is 6.61 Å². The first-order chi connectivity index (χ1) is 9.70. The first-order valence-electron chi connectivity index (χ1n) is 7.31. The maximum Gasteiger partial charge on any atom is 0.323 e. The molecule has 3 nitrogen and oxygen atoms in total. The molecule has 1 heterocycles. The molecular formula is C16H23NO2S. The van der Waals surface area contributed by atoms with Crippen LogP contribution in [0.15, 0.2) is 29.2 Å². The van der Waals surface area contributed by atoms with E-state index in [1.807, 2.05) is 18.7 Å². The van der Waals surface area contributed by atoms with Gasteiger partial charge >= 0.3 is 5.97 Å². The molecule has 0 saturated carbocycles. The summed E-state index contributed by atoms with van der Waals surface area (Å²) < 4.78 is 5.15. The van der Waals surface area contributed by atoms with Gasteiger partial charge in [-0.2, -0.15) is 0 Å². The monoisotopic (exact) mass is 293 g/mol. The van der Waals surface area contributed by atoms with E-state index in [0.717, 1.165) is 31.7 Å². The van der Waals surface area contributed by atoms with Crippen LogP contribution < -0.4 is 0 Å². The number of nitrogens with zero attached hydrogens (tertiary/aromatic N) is 1. The number of aryl methyl sites for hydroxylation is 1. The van der Waals surface area contributed by atoms with Crippen LogP contribution >= 0.6 is 11.8 Å². The van der Waals surface area contributed by atoms with Crippen LogP contribution in [-0.2, 0) is 9.53 Å². The molecule has 4 heteroatoms. The van der Waals surface area contributed by atoms with Crippen LogP contribution in [-0.4, -0.2) is 42.4 Å². The SMILES string of the molecule is CCOC(=O)C1CCCN1CCSc1ccc(C)cc1. The minimum Gasteiger partial charge on any atom is -0.465 e. The van der Waals surface area contributed by atoms with E-state index in [1.54, 1.807) is 0 Å². The number of thioether (sulfide) groups is 1. The van der Waals surface area contributed by atoms with Crippen LogP contribution in [0.3, 0.4) is 0 Å². The van der Waals surface area contributed by atoms with Gasteiger partial charge in [-0.3, -0.25) is 9.69 Å². The number of benzene rings is 1. The summed E-state index contributed by atoms with van der Waals surface area (Å²) in [5, 5.41) is 0. The number of hydrogen-bond donors (Lipinski definition) is 0. The standard InChI is InChI=1S/C16H23NO2S/c1-3-19-16(18)15-5-4-10-17(15)11-12-20-14-8-6-13(2)7-9-14/h6-9,15H,3-5,10-12H2,1-2H3. The largest absolute Gasteiger partial charge is 0.465 e. The van der Waals surface area contributed by atoms with Crippen molar-refractivity contribution in [3.8, 4) is 0 Å². The van der Waals surface area contributed by atoms with Crippen molar-refractivity contribution in [1.82, 2.24) is 4.90 Å². The van der Waals surface area contributed by atoms with Crippen LogP contribution in [0.2, 0.25) is 0 Å². The van der Waals surface area contributed by atoms with Crippen molar-refractivity contribution in [3.63, 3.8) is 0 Å². The lowest BCUT2D eigenvalue weighted by Gasteiger charge is -2.22. The topological polar surface area (TPSA) is 29.5 Å². The van der Waals surface area contributed by atoms with Gasteiger partial charge in [0, 0.05) is 17.2 Å². The summed E-state index contributed by atoms with van der Waals surface area (Å²) in [7, 11) is 0. The number of likely N-dealkylation sites (tertiary alicyclic amines) is 1. The maximum atomic E-state index is 11.9. The molecule has 1 saturated heterocycles. The summed E-state index contributed by atoms with van der Waals surface area (Å²) in [4.78, 5) is 15.4. The first kappa shape index (κ1) is 15.4. The summed E-state index contributed by atoms with van der Waals surface area (Å²) in [5.74, 6) is 0.962. The predicted octanol–water partition coefficient (Wildman–Crippen LogP) is 3.11. The van der Waals surface area contributed by atoms with Crippen molar-refractivity contribution >= 4 is 17.7 Å². The summed E-state index contributed by atoms with van der Waals surface area (Å²) >= 11 is 1.85. The Morgan fingerprint density at radius 1 is 1.40 bits per heavy atom. The summed E-state index contributed by atoms with van der Waals surface area (Å²) in [5.41, 5.74) is 1.29. The van der Waals surface area contributed by atoms with E-state index in [1.165, 1.54) is 10.5 Å². The Labute approximate surface area is 125 Å². The molecule has 110 valence electrons. The Hall–Kier alpha value is -1.00. The predicted molar refractivity (Wildman–Crippen MR) is 83.1 cm³/mol. The van der Waals surface area contributed by atoms with Gasteiger partial charge in [0.15, 0.2) is 0 Å². The van der Waals surface area contributed by atoms with Crippen molar-refractivity contribution < 1.29 is 9.53 Å². The normalized spacial score (nSPS) is 19.2. The molecule has 0 radical (unpaired) electrons. The highest BCUT2D eigenvalue weighted by molar-refractivity contribution is 7.99. The van der Waals surface area contributed by atoms with Gasteiger partial charge < -0.3 is 4.74 Å². The average Bonchev–Trinajstić information content (AvgIpc) is 2.90. The molecule has 1 atom stereocenters. The fourth-order valence-corrected chi connectivity index (χ4v) is 3.40. The molecular weight excluding hydrogens is 270 g/mol. The fourth-order valence-electron chi connectivity index (χ4n) is 2.51. The van der Waals surface area contributed by atoms with Crippen LogP contribution in [0.1, 0.15) is 25.3 Å². The van der Waals surface area contributed by atoms with E-state index in [0.29, 0.717) is 6.61 Å². The van der Waals surface area contributed by atoms with E-state index in [-0.39, 0.29) is 12.0 Å². The third-order valence-electron chi connectivity index (χ3n) is 3.59. The molecule has 0 spiro atoms. The maximum absolute atomic E-state index is 11.9. The van der Waals surface area contributed by atoms with E-state index in [4.69, 9.17) is 4.74 Å². The molecule has 0 bridgehead atoms. The molecule has 0 N–H and O–H groups in total. The minimum atomic E-state index is -0.0506. The van der Waals surface area contributed by atoms with Gasteiger partial charge in [-0.25, -0.2) is 0 Å². The lowest BCUT2D eigenvalue weighted by molar-refractivity contribution is -0.148. The molecule has 1 fully saturated rings. The van der Waals surface area contributed by atoms with Gasteiger partial charge in [-0.1, -0.05) is 17.7 Å². The van der Waals surface area contributed by atoms with Crippen molar-refractivity contribution in [2.24, 2.45) is 0 Å². The van der Waals surface area contributed by atoms with Crippen LogP contribution in [0, 0.1) is 6.92 Å². The van der Waals surface area contributed by atoms with E-state index >= 15 is 0 Å². The molecule has 1 aliphatic rings. The fraction of sp³-hybridized carbons (Fsp3) is 0.562. The molecule has 2 rings (SSSR count). The molecule has 1 aliphatic heterocycles. The van der Waals surface area contributed by atoms with Crippen molar-refractivity contribution in [2.45, 2.75) is 37.6 Å². The second-order valence-corrected chi connectivity index (χ2v) is 6.28. The average molecular weight is 293 g/mol. The zero-order valence-electron chi connectivity index (χ0n) is 12.3. The molecule has 0 aliphatic carbocycles. The second-order valence-electron chi connectivity index (χ2n) is 5.11. The third kappa shape index (κ3) is 4.25. The number of ether oxygens (including phenoxy) is 1. The molecule has 0 aromatic heterocycles. The molecule has 1 aromatic rings. The number of carbonyl (C=O) groups excluding carboxylic acids is 1. The molecule has 1 aromatic carbocycles. The number of carbonyl (C=O) groups is 1. The summed E-state index contributed by atoms with van der Waals surface area (Å²) in [6.07, 6.45) is 2.03. The zero-order valence-corrected chi connectivity index (χ0v) is 13.1. The van der Waals surface area contributed by atoms with Crippen LogP contribution in [0.25, 0.3) is 0 Å². The van der Waals surface area contributed by atoms with E-state index in [2.05, 4.69) is 36.1 Å². The van der Waals surface area contributed by atoms with E-state index < -0.39 is 0 Å². The number of rotatable bonds is 6. The van der Waals surface area contributed by atoms with Crippen molar-refractivity contribution in [3.05, 3.63) is 29.8 Å². The van der Waals surface area contributed by atoms with Gasteiger partial charge in [0.2, 0.25) is 0 Å². The van der Waals surface area contributed by atoms with E-state index in [9.17, 15) is 4.79 Å². The zero-order chi connectivity index (χ0) is 14.4. The smallest absolute Gasteiger partial charge is 0.323 e. The van der Waals surface area contributed by atoms with Crippen LogP contribution in [0.5, 0.6) is 0 Å². The van der Waals surface area contributed by atoms with Gasteiger partial charge in [0.1, 0.15) is 6.04 Å². The van der Waals surface area contributed by atoms with Crippen molar-refractivity contribution in [2.75, 3.05) is 25.4 Å². The highest BCUT2D eigenvalue weighted by Gasteiger charge is 2.31. The Morgan fingerprint density at radius 3 is 2.85 bits per heavy atom. The first-order valence-corrected chi connectivity index (χ1v) is 8.29. The van der Waals surface area contributed by atoms with Crippen molar-refractivity contribution in [1.29, 1.82) is 0 Å². The Kier molecular flexibility index (Phi) is 5.92. The lowest BCUT2D eigenvalue weighted by Crippen LogP contribution is -2.38. The minimum absolute atomic E-state index is 0.0198. The third-order valence-corrected chi connectivity index (χ3v) is 4.58. The van der Waals surface area contributed by atoms with Gasteiger partial charge in [-0.15, -0.1) is 11.8 Å². The van der Waals surface area contributed by atoms with Gasteiger partial charge in [-0.05, 0) is 45.4 Å². The highest BCUT2D eigenvalue weighted by atomic mass is 32.2. The lowest BCUT2D eigenvalue weighted by atomic mass is 10.2. The van der Waals surface area contributed by atoms with Crippen LogP contribution in [0.4, 0.5) is 0 Å². The Bertz CT molecular complexity index is 433. The Morgan fingerprint density at radius 2 is 2.15 bits per heavy atom. The molecule has 20 heavy (non-hydrogen) atoms. The quantitative estimate of drug-likeness (QED) is 0.595. The Balaban J connectivity index is 1.78. The highest BCUT2D eigenvalue weighted by Crippen LogP contribution is 2.22. The number of hydrogen-bond acceptors (Lipinski definition) is 4. The summed E-state index contributed by atoms with van der Waals surface area (Å²) in [6, 6.07) is 8.58.